The molecule has 8 heteroatoms. The molecule has 2 N–H and O–H groups in total. The van der Waals surface area contributed by atoms with Crippen molar-refractivity contribution in [2.75, 3.05) is 5.43 Å². The Balaban J connectivity index is 1.57. The van der Waals surface area contributed by atoms with E-state index in [0.717, 1.165) is 22.9 Å². The van der Waals surface area contributed by atoms with Gasteiger partial charge in [0.15, 0.2) is 4.32 Å². The summed E-state index contributed by atoms with van der Waals surface area (Å²) >= 11 is 6.42. The molecule has 1 amide bonds. The number of carboxylic acids is 1. The van der Waals surface area contributed by atoms with Gasteiger partial charge in [-0.3, -0.25) is 10.2 Å². The van der Waals surface area contributed by atoms with E-state index in [9.17, 15) is 14.7 Å². The summed E-state index contributed by atoms with van der Waals surface area (Å²) in [4.78, 5) is 24.6. The highest BCUT2D eigenvalue weighted by atomic mass is 32.2. The number of aromatic carboxylic acids is 1. The fraction of sp³-hybridized carbons (Fsp3) is 0.0455. The van der Waals surface area contributed by atoms with Gasteiger partial charge in [-0.05, 0) is 49.0 Å². The second kappa shape index (κ2) is 8.17. The molecule has 1 aromatic heterocycles. The molecule has 30 heavy (non-hydrogen) atoms. The summed E-state index contributed by atoms with van der Waals surface area (Å²) in [5, 5.41) is 10.5. The molecule has 2 heterocycles. The number of para-hydroxylation sites is 1. The number of carbonyl (C=O) groups is 2. The lowest BCUT2D eigenvalue weighted by Gasteiger charge is -2.18. The van der Waals surface area contributed by atoms with Crippen molar-refractivity contribution in [2.24, 2.45) is 0 Å². The van der Waals surface area contributed by atoms with Gasteiger partial charge in [0, 0.05) is 11.6 Å². The summed E-state index contributed by atoms with van der Waals surface area (Å²) in [7, 11) is 0. The number of hydrogen-bond donors (Lipinski definition) is 2. The van der Waals surface area contributed by atoms with Crippen molar-refractivity contribution in [1.29, 1.82) is 0 Å². The van der Waals surface area contributed by atoms with Crippen molar-refractivity contribution in [1.82, 2.24) is 5.01 Å². The summed E-state index contributed by atoms with van der Waals surface area (Å²) in [5.74, 6) is -0.236. The first-order valence-electron chi connectivity index (χ1n) is 8.97. The van der Waals surface area contributed by atoms with Crippen LogP contribution in [0.15, 0.2) is 70.0 Å². The smallest absolute Gasteiger partial charge is 0.337 e. The molecule has 6 nitrogen and oxygen atoms in total. The zero-order valence-corrected chi connectivity index (χ0v) is 17.4. The maximum atomic E-state index is 12.8. The van der Waals surface area contributed by atoms with Gasteiger partial charge in [-0.1, -0.05) is 48.2 Å². The normalized spacial score (nSPS) is 15.1. The molecule has 1 fully saturated rings. The van der Waals surface area contributed by atoms with Crippen LogP contribution in [0.25, 0.3) is 17.4 Å². The van der Waals surface area contributed by atoms with Crippen molar-refractivity contribution in [3.63, 3.8) is 0 Å². The fourth-order valence-electron chi connectivity index (χ4n) is 3.01. The van der Waals surface area contributed by atoms with Crippen molar-refractivity contribution in [3.8, 4) is 11.3 Å². The van der Waals surface area contributed by atoms with Crippen LogP contribution in [0.1, 0.15) is 21.7 Å². The van der Waals surface area contributed by atoms with E-state index in [1.54, 1.807) is 30.3 Å². The number of thiocarbonyl (C=S) groups is 1. The quantitative estimate of drug-likeness (QED) is 0.421. The molecule has 1 aliphatic heterocycles. The Bertz CT molecular complexity index is 1200. The summed E-state index contributed by atoms with van der Waals surface area (Å²) < 4.78 is 6.17. The van der Waals surface area contributed by atoms with E-state index in [1.807, 2.05) is 37.3 Å². The maximum Gasteiger partial charge on any atom is 0.337 e. The van der Waals surface area contributed by atoms with E-state index in [0.29, 0.717) is 16.4 Å². The molecule has 4 rings (SSSR count). The van der Waals surface area contributed by atoms with Crippen molar-refractivity contribution in [2.45, 2.75) is 6.92 Å². The predicted octanol–water partition coefficient (Wildman–Crippen LogP) is 5.18. The van der Waals surface area contributed by atoms with E-state index >= 15 is 0 Å². The highest BCUT2D eigenvalue weighted by molar-refractivity contribution is 8.26. The van der Waals surface area contributed by atoms with Crippen molar-refractivity contribution in [3.05, 3.63) is 82.5 Å². The summed E-state index contributed by atoms with van der Waals surface area (Å²) in [6.45, 7) is 2.00. The van der Waals surface area contributed by atoms with E-state index in [1.165, 1.54) is 11.1 Å². The molecule has 0 saturated carbocycles. The molecule has 1 saturated heterocycles. The fourth-order valence-corrected chi connectivity index (χ4v) is 4.16. The van der Waals surface area contributed by atoms with Crippen LogP contribution < -0.4 is 5.43 Å². The number of anilines is 1. The highest BCUT2D eigenvalue weighted by Crippen LogP contribution is 2.34. The third kappa shape index (κ3) is 3.87. The van der Waals surface area contributed by atoms with Gasteiger partial charge in [-0.25, -0.2) is 9.80 Å². The minimum absolute atomic E-state index is 0.0458. The predicted molar refractivity (Wildman–Crippen MR) is 121 cm³/mol. The Morgan fingerprint density at radius 2 is 1.87 bits per heavy atom. The van der Waals surface area contributed by atoms with E-state index in [4.69, 9.17) is 16.6 Å². The number of amides is 1. The zero-order valence-electron chi connectivity index (χ0n) is 15.8. The number of nitrogens with zero attached hydrogens (tertiary/aromatic N) is 1. The Morgan fingerprint density at radius 3 is 2.63 bits per heavy atom. The largest absolute Gasteiger partial charge is 0.478 e. The number of rotatable bonds is 5. The minimum atomic E-state index is -1.10. The van der Waals surface area contributed by atoms with Gasteiger partial charge in [-0.15, -0.1) is 0 Å². The molecular weight excluding hydrogens is 420 g/mol. The first kappa shape index (κ1) is 19.9. The molecule has 3 aromatic rings. The van der Waals surface area contributed by atoms with Crippen molar-refractivity contribution < 1.29 is 19.1 Å². The number of benzene rings is 2. The van der Waals surface area contributed by atoms with Gasteiger partial charge < -0.3 is 9.52 Å². The number of furan rings is 1. The summed E-state index contributed by atoms with van der Waals surface area (Å²) in [6, 6.07) is 17.9. The van der Waals surface area contributed by atoms with Crippen molar-refractivity contribution >= 4 is 51.9 Å². The van der Waals surface area contributed by atoms with Gasteiger partial charge in [0.2, 0.25) is 0 Å². The molecule has 0 bridgehead atoms. The first-order valence-corrected chi connectivity index (χ1v) is 10.2. The number of hydrazine groups is 1. The Labute approximate surface area is 182 Å². The van der Waals surface area contributed by atoms with Crippen LogP contribution in [0.4, 0.5) is 5.69 Å². The lowest BCUT2D eigenvalue weighted by atomic mass is 10.1. The first-order chi connectivity index (χ1) is 14.4. The van der Waals surface area contributed by atoms with Gasteiger partial charge in [0.1, 0.15) is 11.5 Å². The van der Waals surface area contributed by atoms with Crippen LogP contribution in [0, 0.1) is 6.92 Å². The molecular formula is C22H16N2O4S2. The molecule has 0 radical (unpaired) electrons. The highest BCUT2D eigenvalue weighted by Gasteiger charge is 2.33. The lowest BCUT2D eigenvalue weighted by molar-refractivity contribution is -0.121. The zero-order chi connectivity index (χ0) is 21.3. The Morgan fingerprint density at radius 1 is 1.13 bits per heavy atom. The van der Waals surface area contributed by atoms with Gasteiger partial charge in [0.25, 0.3) is 5.91 Å². The van der Waals surface area contributed by atoms with Crippen LogP contribution in [0.3, 0.4) is 0 Å². The number of nitrogens with one attached hydrogen (secondary N) is 1. The van der Waals surface area contributed by atoms with E-state index in [2.05, 4.69) is 5.43 Å². The average Bonchev–Trinajstić information content (AvgIpc) is 3.29. The summed E-state index contributed by atoms with van der Waals surface area (Å²) in [5.41, 5.74) is 5.21. The van der Waals surface area contributed by atoms with Gasteiger partial charge in [0.05, 0.1) is 16.2 Å². The van der Waals surface area contributed by atoms with E-state index in [-0.39, 0.29) is 21.5 Å². The SMILES string of the molecule is Cc1ccccc1-c1ccc(/C=C2/SC(=S)N(Nc3ccccc3C(=O)O)C2=O)o1. The molecule has 2 aromatic carbocycles. The molecule has 150 valence electrons. The Kier molecular flexibility index (Phi) is 5.43. The second-order valence-electron chi connectivity index (χ2n) is 6.50. The standard InChI is InChI=1S/C22H16N2O4S2/c1-13-6-2-3-7-15(13)18-11-10-14(28-18)12-19-20(25)24(22(29)30-19)23-17-9-5-4-8-16(17)21(26)27/h2-12,23H,1H3,(H,26,27)/b19-12+. The lowest BCUT2D eigenvalue weighted by Crippen LogP contribution is -2.34. The monoisotopic (exact) mass is 436 g/mol. The number of carbonyl (C=O) groups excluding carboxylic acids is 1. The molecule has 1 aliphatic rings. The number of thioether (sulfide) groups is 1. The van der Waals surface area contributed by atoms with Crippen LogP contribution in [-0.4, -0.2) is 26.3 Å². The molecule has 0 atom stereocenters. The maximum absolute atomic E-state index is 12.8. The third-order valence-corrected chi connectivity index (χ3v) is 5.80. The van der Waals surface area contributed by atoms with Gasteiger partial charge in [-0.2, -0.15) is 0 Å². The molecule has 0 aliphatic carbocycles. The second-order valence-corrected chi connectivity index (χ2v) is 8.17. The Hall–Kier alpha value is -3.36. The van der Waals surface area contributed by atoms with Crippen LogP contribution in [0.2, 0.25) is 0 Å². The third-order valence-electron chi connectivity index (χ3n) is 4.49. The molecule has 0 spiro atoms. The number of hydrogen-bond acceptors (Lipinski definition) is 6. The minimum Gasteiger partial charge on any atom is -0.478 e. The van der Waals surface area contributed by atoms with Crippen LogP contribution >= 0.6 is 24.0 Å². The van der Waals surface area contributed by atoms with Crippen LogP contribution in [0.5, 0.6) is 0 Å². The van der Waals surface area contributed by atoms with Gasteiger partial charge >= 0.3 is 5.97 Å². The van der Waals surface area contributed by atoms with Crippen LogP contribution in [-0.2, 0) is 4.79 Å². The summed E-state index contributed by atoms with van der Waals surface area (Å²) in [6.07, 6.45) is 1.63. The number of carboxylic acid groups (broad SMARTS) is 1. The average molecular weight is 437 g/mol. The topological polar surface area (TPSA) is 82.8 Å². The number of aryl methyl sites for hydroxylation is 1. The molecule has 0 unspecified atom stereocenters. The van der Waals surface area contributed by atoms with E-state index < -0.39 is 5.97 Å².